The smallest absolute Gasteiger partial charge is 0.347 e. The van der Waals surface area contributed by atoms with E-state index in [1.165, 1.54) is 12.3 Å². The molecule has 0 saturated carbocycles. The highest BCUT2D eigenvalue weighted by atomic mass is 19.4. The highest BCUT2D eigenvalue weighted by Gasteiger charge is 2.32. The maximum absolute atomic E-state index is 12.9. The van der Waals surface area contributed by atoms with Crippen molar-refractivity contribution in [2.75, 3.05) is 0 Å². The fraction of sp³-hybridized carbons (Fsp3) is 0.125. The van der Waals surface area contributed by atoms with Crippen LogP contribution < -0.4 is 5.32 Å². The van der Waals surface area contributed by atoms with Gasteiger partial charge >= 0.3 is 6.18 Å². The molecule has 0 fully saturated rings. The molecule has 1 N–H and O–H groups in total. The first-order chi connectivity index (χ1) is 15.8. The monoisotopic (exact) mass is 449 g/mol. The van der Waals surface area contributed by atoms with Crippen molar-refractivity contribution in [1.82, 2.24) is 25.3 Å². The number of pyridine rings is 4. The number of alkyl halides is 3. The zero-order valence-corrected chi connectivity index (χ0v) is 17.5. The number of halogens is 3. The van der Waals surface area contributed by atoms with Crippen molar-refractivity contribution in [3.8, 4) is 22.5 Å². The molecule has 0 aromatic carbocycles. The highest BCUT2D eigenvalue weighted by Crippen LogP contribution is 2.30. The van der Waals surface area contributed by atoms with Crippen LogP contribution in [-0.2, 0) is 12.7 Å². The zero-order chi connectivity index (χ0) is 23.4. The third-order valence-corrected chi connectivity index (χ3v) is 4.90. The molecule has 6 nitrogen and oxygen atoms in total. The van der Waals surface area contributed by atoms with Crippen LogP contribution in [0.25, 0.3) is 22.5 Å². The van der Waals surface area contributed by atoms with Crippen LogP contribution in [0.2, 0.25) is 0 Å². The van der Waals surface area contributed by atoms with Crippen LogP contribution >= 0.6 is 0 Å². The second kappa shape index (κ2) is 9.15. The van der Waals surface area contributed by atoms with Gasteiger partial charge in [0.2, 0.25) is 0 Å². The lowest BCUT2D eigenvalue weighted by molar-refractivity contribution is -0.141. The van der Waals surface area contributed by atoms with E-state index < -0.39 is 11.9 Å². The molecule has 4 heterocycles. The van der Waals surface area contributed by atoms with Gasteiger partial charge in [0.1, 0.15) is 11.4 Å². The van der Waals surface area contributed by atoms with E-state index in [1.54, 1.807) is 36.7 Å². The maximum Gasteiger partial charge on any atom is 0.433 e. The van der Waals surface area contributed by atoms with Crippen molar-refractivity contribution < 1.29 is 18.0 Å². The first kappa shape index (κ1) is 22.1. The summed E-state index contributed by atoms with van der Waals surface area (Å²) >= 11 is 0. The molecule has 0 aliphatic heterocycles. The van der Waals surface area contributed by atoms with Gasteiger partial charge in [-0.2, -0.15) is 13.2 Å². The van der Waals surface area contributed by atoms with Crippen LogP contribution in [-0.4, -0.2) is 25.8 Å². The Hall–Kier alpha value is -4.14. The largest absolute Gasteiger partial charge is 0.433 e. The van der Waals surface area contributed by atoms with E-state index in [-0.39, 0.29) is 18.1 Å². The van der Waals surface area contributed by atoms with Gasteiger partial charge in [-0.25, -0.2) is 0 Å². The van der Waals surface area contributed by atoms with Gasteiger partial charge in [0.15, 0.2) is 0 Å². The van der Waals surface area contributed by atoms with Crippen LogP contribution in [0.1, 0.15) is 27.3 Å². The SMILES string of the molecule is Cc1cccnc1-c1ccc(C(=O)NCc2ccc(-c3ccnc(C(F)(F)F)c3)nc2)nc1. The molecule has 33 heavy (non-hydrogen) atoms. The number of aryl methyl sites for hydroxylation is 1. The molecular weight excluding hydrogens is 431 g/mol. The molecule has 0 bridgehead atoms. The van der Waals surface area contributed by atoms with Crippen molar-refractivity contribution in [1.29, 1.82) is 0 Å². The summed E-state index contributed by atoms with van der Waals surface area (Å²) in [4.78, 5) is 28.5. The molecular formula is C24H18F3N5O. The number of hydrogen-bond acceptors (Lipinski definition) is 5. The van der Waals surface area contributed by atoms with Crippen LogP contribution in [0.4, 0.5) is 13.2 Å². The molecule has 4 rings (SSSR count). The lowest BCUT2D eigenvalue weighted by Gasteiger charge is -2.09. The number of rotatable bonds is 5. The predicted molar refractivity (Wildman–Crippen MR) is 116 cm³/mol. The summed E-state index contributed by atoms with van der Waals surface area (Å²) in [5, 5.41) is 2.76. The van der Waals surface area contributed by atoms with Gasteiger partial charge in [0.05, 0.1) is 11.4 Å². The van der Waals surface area contributed by atoms with Gasteiger partial charge < -0.3 is 5.32 Å². The Kier molecular flexibility index (Phi) is 6.12. The lowest BCUT2D eigenvalue weighted by atomic mass is 10.1. The predicted octanol–water partition coefficient (Wildman–Crippen LogP) is 4.86. The Morgan fingerprint density at radius 1 is 0.909 bits per heavy atom. The van der Waals surface area contributed by atoms with Crippen molar-refractivity contribution in [3.05, 3.63) is 95.8 Å². The zero-order valence-electron chi connectivity index (χ0n) is 17.5. The van der Waals surface area contributed by atoms with Gasteiger partial charge in [-0.1, -0.05) is 12.1 Å². The third kappa shape index (κ3) is 5.20. The molecule has 0 radical (unpaired) electrons. The summed E-state index contributed by atoms with van der Waals surface area (Å²) in [5.41, 5.74) is 3.28. The average Bonchev–Trinajstić information content (AvgIpc) is 2.83. The van der Waals surface area contributed by atoms with Crippen LogP contribution in [0.15, 0.2) is 73.3 Å². The minimum atomic E-state index is -4.52. The molecule has 0 aliphatic carbocycles. The Bertz CT molecular complexity index is 1270. The fourth-order valence-electron chi connectivity index (χ4n) is 3.17. The molecule has 0 saturated heterocycles. The molecule has 1 amide bonds. The van der Waals surface area contributed by atoms with E-state index in [2.05, 4.69) is 25.3 Å². The van der Waals surface area contributed by atoms with Gasteiger partial charge in [-0.3, -0.25) is 24.7 Å². The van der Waals surface area contributed by atoms with Crippen LogP contribution in [0.5, 0.6) is 0 Å². The van der Waals surface area contributed by atoms with E-state index in [0.29, 0.717) is 16.8 Å². The normalized spacial score (nSPS) is 11.3. The first-order valence-electron chi connectivity index (χ1n) is 9.96. The molecule has 9 heteroatoms. The van der Waals surface area contributed by atoms with Gasteiger partial charge in [-0.15, -0.1) is 0 Å². The fourth-order valence-corrected chi connectivity index (χ4v) is 3.17. The number of aromatic nitrogens is 4. The van der Waals surface area contributed by atoms with Gasteiger partial charge in [-0.05, 0) is 54.4 Å². The standard InChI is InChI=1S/C24H18F3N5O/c1-15-3-2-9-29-22(15)18-5-7-20(31-14-18)23(33)32-13-16-4-6-19(30-12-16)17-8-10-28-21(11-17)24(25,26)27/h2-12,14H,13H2,1H3,(H,32,33). The number of amides is 1. The molecule has 4 aromatic rings. The molecule has 166 valence electrons. The second-order valence-electron chi connectivity index (χ2n) is 7.26. The Morgan fingerprint density at radius 2 is 1.76 bits per heavy atom. The number of carbonyl (C=O) groups is 1. The van der Waals surface area contributed by atoms with Gasteiger partial charge in [0, 0.05) is 42.5 Å². The highest BCUT2D eigenvalue weighted by molar-refractivity contribution is 5.92. The lowest BCUT2D eigenvalue weighted by Crippen LogP contribution is -2.23. The van der Waals surface area contributed by atoms with Crippen LogP contribution in [0, 0.1) is 6.92 Å². The third-order valence-electron chi connectivity index (χ3n) is 4.90. The molecule has 0 atom stereocenters. The summed E-state index contributed by atoms with van der Waals surface area (Å²) in [7, 11) is 0. The summed E-state index contributed by atoms with van der Waals surface area (Å²) in [6.45, 7) is 2.14. The molecule has 0 spiro atoms. The minimum Gasteiger partial charge on any atom is -0.347 e. The van der Waals surface area contributed by atoms with Crippen molar-refractivity contribution in [2.45, 2.75) is 19.6 Å². The molecule has 0 aliphatic rings. The minimum absolute atomic E-state index is 0.193. The van der Waals surface area contributed by atoms with Crippen molar-refractivity contribution in [3.63, 3.8) is 0 Å². The van der Waals surface area contributed by atoms with Crippen molar-refractivity contribution in [2.24, 2.45) is 0 Å². The summed E-state index contributed by atoms with van der Waals surface area (Å²) < 4.78 is 38.6. The number of hydrogen-bond donors (Lipinski definition) is 1. The summed E-state index contributed by atoms with van der Waals surface area (Å²) in [6, 6.07) is 12.9. The number of nitrogens with one attached hydrogen (secondary N) is 1. The van der Waals surface area contributed by atoms with Crippen LogP contribution in [0.3, 0.4) is 0 Å². The van der Waals surface area contributed by atoms with E-state index in [1.807, 2.05) is 19.1 Å². The Balaban J connectivity index is 1.39. The summed E-state index contributed by atoms with van der Waals surface area (Å²) in [6.07, 6.45) is 1.38. The Labute approximate surface area is 187 Å². The maximum atomic E-state index is 12.9. The number of nitrogens with zero attached hydrogens (tertiary/aromatic N) is 4. The van der Waals surface area contributed by atoms with E-state index in [0.717, 1.165) is 29.1 Å². The quantitative estimate of drug-likeness (QED) is 0.471. The average molecular weight is 449 g/mol. The molecule has 4 aromatic heterocycles. The van der Waals surface area contributed by atoms with Gasteiger partial charge in [0.25, 0.3) is 5.91 Å². The Morgan fingerprint density at radius 3 is 2.42 bits per heavy atom. The number of carbonyl (C=O) groups excluding carboxylic acids is 1. The second-order valence-corrected chi connectivity index (χ2v) is 7.26. The van der Waals surface area contributed by atoms with Crippen molar-refractivity contribution >= 4 is 5.91 Å². The first-order valence-corrected chi connectivity index (χ1v) is 9.96. The topological polar surface area (TPSA) is 80.7 Å². The summed E-state index contributed by atoms with van der Waals surface area (Å²) in [5.74, 6) is -0.354. The van der Waals surface area contributed by atoms with E-state index in [4.69, 9.17) is 0 Å². The molecule has 0 unspecified atom stereocenters. The van der Waals surface area contributed by atoms with E-state index >= 15 is 0 Å². The van der Waals surface area contributed by atoms with E-state index in [9.17, 15) is 18.0 Å².